The average Bonchev–Trinajstić information content (AvgIpc) is 2.32. The number of rotatable bonds is 2. The molecule has 1 rings (SSSR count). The Bertz CT molecular complexity index is 194. The summed E-state index contributed by atoms with van der Waals surface area (Å²) in [5, 5.41) is 3.36. The van der Waals surface area contributed by atoms with Crippen molar-refractivity contribution < 1.29 is 4.79 Å². The molecule has 0 aliphatic carbocycles. The van der Waals surface area contributed by atoms with Crippen molar-refractivity contribution in [2.75, 3.05) is 40.3 Å². The van der Waals surface area contributed by atoms with Crippen LogP contribution in [0.1, 0.15) is 13.3 Å². The van der Waals surface area contributed by atoms with Crippen LogP contribution in [0.4, 0.5) is 0 Å². The van der Waals surface area contributed by atoms with Gasteiger partial charge in [-0.25, -0.2) is 0 Å². The van der Waals surface area contributed by atoms with E-state index in [-0.39, 0.29) is 5.91 Å². The highest BCUT2D eigenvalue weighted by Crippen LogP contribution is 2.03. The number of nitrogens with zero attached hydrogens (tertiary/aromatic N) is 2. The van der Waals surface area contributed by atoms with Crippen LogP contribution in [0.2, 0.25) is 0 Å². The van der Waals surface area contributed by atoms with Crippen LogP contribution in [0.15, 0.2) is 0 Å². The van der Waals surface area contributed by atoms with Crippen molar-refractivity contribution in [1.29, 1.82) is 0 Å². The Morgan fingerprint density at radius 2 is 2.29 bits per heavy atom. The van der Waals surface area contributed by atoms with Gasteiger partial charge in [-0.15, -0.1) is 0 Å². The van der Waals surface area contributed by atoms with Gasteiger partial charge >= 0.3 is 0 Å². The lowest BCUT2D eigenvalue weighted by molar-refractivity contribution is -0.130. The lowest BCUT2D eigenvalue weighted by Crippen LogP contribution is -2.43. The van der Waals surface area contributed by atoms with Gasteiger partial charge in [-0.2, -0.15) is 0 Å². The highest BCUT2D eigenvalue weighted by Gasteiger charge is 2.19. The van der Waals surface area contributed by atoms with Gasteiger partial charge in [-0.1, -0.05) is 0 Å². The standard InChI is InChI=1S/C10H21N3O/c1-9-7-11-5-4-6-13(9)8-10(14)12(2)3/h9,11H,4-8H2,1-3H3. The van der Waals surface area contributed by atoms with Gasteiger partial charge in [0.15, 0.2) is 0 Å². The number of nitrogens with one attached hydrogen (secondary N) is 1. The molecule has 14 heavy (non-hydrogen) atoms. The lowest BCUT2D eigenvalue weighted by Gasteiger charge is -2.27. The third-order valence-electron chi connectivity index (χ3n) is 2.70. The van der Waals surface area contributed by atoms with Crippen molar-refractivity contribution in [1.82, 2.24) is 15.1 Å². The maximum atomic E-state index is 11.5. The number of hydrogen-bond acceptors (Lipinski definition) is 3. The molecule has 4 nitrogen and oxygen atoms in total. The van der Waals surface area contributed by atoms with E-state index in [0.29, 0.717) is 12.6 Å². The maximum Gasteiger partial charge on any atom is 0.236 e. The van der Waals surface area contributed by atoms with E-state index in [2.05, 4.69) is 17.1 Å². The summed E-state index contributed by atoms with van der Waals surface area (Å²) in [5.41, 5.74) is 0. The molecule has 4 heteroatoms. The first-order valence-corrected chi connectivity index (χ1v) is 5.26. The number of carbonyl (C=O) groups is 1. The van der Waals surface area contributed by atoms with Crippen molar-refractivity contribution in [2.45, 2.75) is 19.4 Å². The van der Waals surface area contributed by atoms with Crippen LogP contribution in [0, 0.1) is 0 Å². The van der Waals surface area contributed by atoms with Gasteiger partial charge in [0.05, 0.1) is 6.54 Å². The summed E-state index contributed by atoms with van der Waals surface area (Å²) < 4.78 is 0. The number of carbonyl (C=O) groups excluding carboxylic acids is 1. The molecule has 1 atom stereocenters. The van der Waals surface area contributed by atoms with Crippen molar-refractivity contribution in [3.63, 3.8) is 0 Å². The van der Waals surface area contributed by atoms with Gasteiger partial charge in [-0.05, 0) is 19.9 Å². The van der Waals surface area contributed by atoms with Gasteiger partial charge in [0.1, 0.15) is 0 Å². The Morgan fingerprint density at radius 3 is 2.93 bits per heavy atom. The van der Waals surface area contributed by atoms with Gasteiger partial charge in [-0.3, -0.25) is 9.69 Å². The van der Waals surface area contributed by atoms with E-state index in [1.54, 1.807) is 4.90 Å². The van der Waals surface area contributed by atoms with Crippen LogP contribution in [-0.2, 0) is 4.79 Å². The number of likely N-dealkylation sites (N-methyl/N-ethyl adjacent to an activating group) is 1. The van der Waals surface area contributed by atoms with Crippen molar-refractivity contribution in [2.24, 2.45) is 0 Å². The number of amides is 1. The molecule has 0 aromatic carbocycles. The Morgan fingerprint density at radius 1 is 1.57 bits per heavy atom. The highest BCUT2D eigenvalue weighted by molar-refractivity contribution is 5.77. The van der Waals surface area contributed by atoms with Crippen LogP contribution in [-0.4, -0.2) is 62.0 Å². The summed E-state index contributed by atoms with van der Waals surface area (Å²) in [5.74, 6) is 0.193. The first-order valence-electron chi connectivity index (χ1n) is 5.26. The fourth-order valence-corrected chi connectivity index (χ4v) is 1.62. The van der Waals surface area contributed by atoms with Crippen molar-refractivity contribution >= 4 is 5.91 Å². The third-order valence-corrected chi connectivity index (χ3v) is 2.70. The molecule has 1 amide bonds. The van der Waals surface area contributed by atoms with Gasteiger partial charge in [0.2, 0.25) is 5.91 Å². The normalized spacial score (nSPS) is 24.4. The maximum absolute atomic E-state index is 11.5. The average molecular weight is 199 g/mol. The molecule has 1 unspecified atom stereocenters. The molecular weight excluding hydrogens is 178 g/mol. The summed E-state index contributed by atoms with van der Waals surface area (Å²) in [7, 11) is 3.62. The Hall–Kier alpha value is -0.610. The number of hydrogen-bond donors (Lipinski definition) is 1. The fourth-order valence-electron chi connectivity index (χ4n) is 1.62. The molecule has 1 heterocycles. The van der Waals surface area contributed by atoms with Gasteiger partial charge < -0.3 is 10.2 Å². The molecule has 1 aliphatic heterocycles. The minimum atomic E-state index is 0.193. The topological polar surface area (TPSA) is 35.6 Å². The van der Waals surface area contributed by atoms with Crippen LogP contribution in [0.3, 0.4) is 0 Å². The van der Waals surface area contributed by atoms with Gasteiger partial charge in [0, 0.05) is 33.2 Å². The van der Waals surface area contributed by atoms with E-state index >= 15 is 0 Å². The second-order valence-corrected chi connectivity index (χ2v) is 4.17. The predicted octanol–water partition coefficient (Wildman–Crippen LogP) is -0.242. The molecule has 0 bridgehead atoms. The minimum Gasteiger partial charge on any atom is -0.348 e. The molecule has 0 spiro atoms. The lowest BCUT2D eigenvalue weighted by atomic mass is 10.2. The predicted molar refractivity (Wildman–Crippen MR) is 57.2 cm³/mol. The summed E-state index contributed by atoms with van der Waals surface area (Å²) in [6, 6.07) is 0.460. The summed E-state index contributed by atoms with van der Waals surface area (Å²) in [6.07, 6.45) is 1.13. The largest absolute Gasteiger partial charge is 0.348 e. The van der Waals surface area contributed by atoms with E-state index < -0.39 is 0 Å². The molecule has 0 aromatic heterocycles. The second kappa shape index (κ2) is 5.32. The molecule has 82 valence electrons. The zero-order valence-corrected chi connectivity index (χ0v) is 9.42. The molecule has 1 saturated heterocycles. The van der Waals surface area contributed by atoms with Crippen molar-refractivity contribution in [3.8, 4) is 0 Å². The molecule has 1 aliphatic rings. The van der Waals surface area contributed by atoms with E-state index in [4.69, 9.17) is 0 Å². The SMILES string of the molecule is CC1CNCCCN1CC(=O)N(C)C. The molecule has 1 fully saturated rings. The summed E-state index contributed by atoms with van der Waals surface area (Å²) >= 11 is 0. The van der Waals surface area contributed by atoms with Crippen LogP contribution in [0.25, 0.3) is 0 Å². The van der Waals surface area contributed by atoms with Crippen LogP contribution < -0.4 is 5.32 Å². The zero-order chi connectivity index (χ0) is 10.6. The Kier molecular flexibility index (Phi) is 4.35. The third kappa shape index (κ3) is 3.27. The quantitative estimate of drug-likeness (QED) is 0.666. The molecule has 0 radical (unpaired) electrons. The monoisotopic (exact) mass is 199 g/mol. The molecule has 0 aromatic rings. The second-order valence-electron chi connectivity index (χ2n) is 4.17. The first kappa shape index (κ1) is 11.5. The van der Waals surface area contributed by atoms with E-state index in [1.807, 2.05) is 14.1 Å². The van der Waals surface area contributed by atoms with E-state index in [9.17, 15) is 4.79 Å². The minimum absolute atomic E-state index is 0.193. The highest BCUT2D eigenvalue weighted by atomic mass is 16.2. The zero-order valence-electron chi connectivity index (χ0n) is 9.42. The fraction of sp³-hybridized carbons (Fsp3) is 0.900. The first-order chi connectivity index (χ1) is 6.61. The van der Waals surface area contributed by atoms with E-state index in [0.717, 1.165) is 26.1 Å². The Balaban J connectivity index is 2.44. The van der Waals surface area contributed by atoms with Gasteiger partial charge in [0.25, 0.3) is 0 Å². The molecule has 1 N–H and O–H groups in total. The molecule has 0 saturated carbocycles. The molecular formula is C10H21N3O. The van der Waals surface area contributed by atoms with Crippen LogP contribution >= 0.6 is 0 Å². The Labute approximate surface area is 86.2 Å². The van der Waals surface area contributed by atoms with Crippen LogP contribution in [0.5, 0.6) is 0 Å². The summed E-state index contributed by atoms with van der Waals surface area (Å²) in [6.45, 7) is 5.79. The summed E-state index contributed by atoms with van der Waals surface area (Å²) in [4.78, 5) is 15.4. The smallest absolute Gasteiger partial charge is 0.236 e. The van der Waals surface area contributed by atoms with Crippen molar-refractivity contribution in [3.05, 3.63) is 0 Å². The van der Waals surface area contributed by atoms with E-state index in [1.165, 1.54) is 0 Å².